The molecule has 0 unspecified atom stereocenters. The molecule has 0 heterocycles. The molecule has 0 saturated carbocycles. The van der Waals surface area contributed by atoms with Crippen molar-refractivity contribution < 1.29 is 8.23 Å². The lowest BCUT2D eigenvalue weighted by Crippen LogP contribution is -2.31. The molecule has 0 saturated heterocycles. The summed E-state index contributed by atoms with van der Waals surface area (Å²) in [6.07, 6.45) is 1.08. The van der Waals surface area contributed by atoms with Gasteiger partial charge in [-0.05, 0) is 6.04 Å². The van der Waals surface area contributed by atoms with Crippen molar-refractivity contribution in [2.45, 2.75) is 19.4 Å². The van der Waals surface area contributed by atoms with Crippen LogP contribution in [-0.4, -0.2) is 29.7 Å². The van der Waals surface area contributed by atoms with E-state index in [-0.39, 0.29) is 10.0 Å². The van der Waals surface area contributed by atoms with Gasteiger partial charge in [-0.2, -0.15) is 0 Å². The van der Waals surface area contributed by atoms with Gasteiger partial charge in [0, 0.05) is 0 Å². The summed E-state index contributed by atoms with van der Waals surface area (Å²) in [5.41, 5.74) is 0. The van der Waals surface area contributed by atoms with Crippen molar-refractivity contribution in [3.63, 3.8) is 0 Å². The summed E-state index contributed by atoms with van der Waals surface area (Å²) in [4.78, 5) is 0. The van der Waals surface area contributed by atoms with Gasteiger partial charge >= 0.3 is 10.0 Å². The number of nitrogens with two attached hydrogens (primary N) is 1. The number of rotatable bonds is 5. The van der Waals surface area contributed by atoms with Gasteiger partial charge < -0.3 is 13.6 Å². The van der Waals surface area contributed by atoms with E-state index in [9.17, 15) is 0 Å². The summed E-state index contributed by atoms with van der Waals surface area (Å²) in [6, 6.07) is 0.979. The van der Waals surface area contributed by atoms with Crippen LogP contribution in [0.4, 0.5) is 0 Å². The Morgan fingerprint density at radius 1 is 1.78 bits per heavy atom. The van der Waals surface area contributed by atoms with Gasteiger partial charge in [0.1, 0.15) is 0 Å². The van der Waals surface area contributed by atoms with Crippen LogP contribution in [0.5, 0.6) is 0 Å². The molecule has 0 bridgehead atoms. The van der Waals surface area contributed by atoms with Gasteiger partial charge in [-0.15, -0.1) is 0 Å². The van der Waals surface area contributed by atoms with Crippen molar-refractivity contribution in [3.05, 3.63) is 0 Å². The molecule has 0 amide bonds. The average molecular weight is 175 g/mol. The van der Waals surface area contributed by atoms with Crippen molar-refractivity contribution in [1.82, 2.24) is 0 Å². The third-order valence-corrected chi connectivity index (χ3v) is 3.42. The molecule has 0 aromatic rings. The van der Waals surface area contributed by atoms with Crippen LogP contribution >= 0.6 is 0 Å². The highest BCUT2D eigenvalue weighted by Gasteiger charge is 2.05. The molecule has 0 spiro atoms. The molecular formula is C3H9NO2Si3. The fourth-order valence-electron chi connectivity index (χ4n) is 0.372. The maximum Gasteiger partial charge on any atom is 0.410 e. The second-order valence-corrected chi connectivity index (χ2v) is 4.74. The molecule has 50 valence electrons. The molecule has 0 aromatic carbocycles. The molecular weight excluding hydrogens is 166 g/mol. The zero-order valence-corrected chi connectivity index (χ0v) is 8.31. The van der Waals surface area contributed by atoms with E-state index in [0.717, 1.165) is 12.5 Å². The van der Waals surface area contributed by atoms with Gasteiger partial charge in [0.15, 0.2) is 0 Å². The lowest BCUT2D eigenvalue weighted by molar-refractivity contribution is 0.486. The van der Waals surface area contributed by atoms with Crippen molar-refractivity contribution in [2.75, 3.05) is 0 Å². The second kappa shape index (κ2) is 6.65. The van der Waals surface area contributed by atoms with E-state index in [1.54, 1.807) is 0 Å². The molecule has 0 fully saturated rings. The highest BCUT2D eigenvalue weighted by atomic mass is 28.4. The lowest BCUT2D eigenvalue weighted by Gasteiger charge is -2.04. The van der Waals surface area contributed by atoms with Crippen molar-refractivity contribution >= 4 is 29.7 Å². The third-order valence-electron chi connectivity index (χ3n) is 0.711. The first kappa shape index (κ1) is 9.53. The highest BCUT2D eigenvalue weighted by molar-refractivity contribution is 6.54. The van der Waals surface area contributed by atoms with Crippen molar-refractivity contribution in [1.29, 1.82) is 0 Å². The van der Waals surface area contributed by atoms with E-state index < -0.39 is 9.20 Å². The minimum Gasteiger partial charge on any atom is -0.435 e. The molecule has 6 heteroatoms. The fourth-order valence-corrected chi connectivity index (χ4v) is 2.24. The van der Waals surface area contributed by atoms with Gasteiger partial charge in [-0.1, -0.05) is 13.3 Å². The Morgan fingerprint density at radius 2 is 2.44 bits per heavy atom. The van der Waals surface area contributed by atoms with Crippen LogP contribution in [0.15, 0.2) is 0 Å². The summed E-state index contributed by atoms with van der Waals surface area (Å²) in [7, 11) is 1.81. The minimum absolute atomic E-state index is 0.0389. The van der Waals surface area contributed by atoms with E-state index in [1.807, 2.05) is 0 Å². The molecule has 3 nitrogen and oxygen atoms in total. The summed E-state index contributed by atoms with van der Waals surface area (Å²) < 4.78 is 9.58. The van der Waals surface area contributed by atoms with Gasteiger partial charge in [0.25, 0.3) is 9.20 Å². The van der Waals surface area contributed by atoms with Crippen LogP contribution in [0.2, 0.25) is 6.04 Å². The largest absolute Gasteiger partial charge is 0.435 e. The quantitative estimate of drug-likeness (QED) is 0.573. The maximum absolute atomic E-state index is 5.56. The highest BCUT2D eigenvalue weighted by Crippen LogP contribution is 1.90. The van der Waals surface area contributed by atoms with Gasteiger partial charge in [0.05, 0.1) is 0 Å². The standard InChI is InChI=1S/C3H9NO2Si3/c1-2-3-9(4)6-8-5-7/h2-4H2,1H3. The Balaban J connectivity index is 2.95. The molecule has 0 rings (SSSR count). The molecule has 0 aromatic heterocycles. The Labute approximate surface area is 63.3 Å². The van der Waals surface area contributed by atoms with Crippen molar-refractivity contribution in [2.24, 2.45) is 5.40 Å². The first-order valence-corrected chi connectivity index (χ1v) is 5.58. The Kier molecular flexibility index (Phi) is 7.04. The SMILES string of the molecule is CCC[Si](N)O[Si]O[Si]. The predicted octanol–water partition coefficient (Wildman–Crippen LogP) is -0.506. The van der Waals surface area contributed by atoms with E-state index in [2.05, 4.69) is 21.5 Å². The average Bonchev–Trinajstić information content (AvgIpc) is 1.85. The molecule has 2 N–H and O–H groups in total. The van der Waals surface area contributed by atoms with Crippen LogP contribution in [-0.2, 0) is 8.23 Å². The lowest BCUT2D eigenvalue weighted by atomic mass is 10.6. The Bertz CT molecular complexity index is 65.0. The zero-order valence-electron chi connectivity index (χ0n) is 5.31. The smallest absolute Gasteiger partial charge is 0.410 e. The van der Waals surface area contributed by atoms with Crippen LogP contribution in [0, 0.1) is 0 Å². The van der Waals surface area contributed by atoms with E-state index >= 15 is 0 Å². The van der Waals surface area contributed by atoms with E-state index in [4.69, 9.17) is 9.51 Å². The molecule has 0 aliphatic heterocycles. The molecule has 0 aliphatic carbocycles. The maximum atomic E-state index is 5.56. The first-order chi connectivity index (χ1) is 4.31. The predicted molar refractivity (Wildman–Crippen MR) is 38.7 cm³/mol. The summed E-state index contributed by atoms with van der Waals surface area (Å²) in [5, 5.41) is 5.56. The fraction of sp³-hybridized carbons (Fsp3) is 1.00. The topological polar surface area (TPSA) is 44.5 Å². The zero-order chi connectivity index (χ0) is 7.11. The van der Waals surface area contributed by atoms with Gasteiger partial charge in [-0.3, -0.25) is 0 Å². The molecule has 6 radical (unpaired) electrons. The second-order valence-electron chi connectivity index (χ2n) is 1.50. The monoisotopic (exact) mass is 175 g/mol. The Hall–Kier alpha value is 0.531. The van der Waals surface area contributed by atoms with Gasteiger partial charge in [-0.25, -0.2) is 0 Å². The third kappa shape index (κ3) is 6.42. The Morgan fingerprint density at radius 3 is 2.89 bits per heavy atom. The number of hydrogen-bond donors (Lipinski definition) is 1. The van der Waals surface area contributed by atoms with Crippen LogP contribution < -0.4 is 5.40 Å². The van der Waals surface area contributed by atoms with Crippen LogP contribution in [0.25, 0.3) is 0 Å². The summed E-state index contributed by atoms with van der Waals surface area (Å²) in [5.74, 6) is 0. The van der Waals surface area contributed by atoms with E-state index in [0.29, 0.717) is 0 Å². The van der Waals surface area contributed by atoms with Crippen molar-refractivity contribution in [3.8, 4) is 0 Å². The minimum atomic E-state index is -1.05. The van der Waals surface area contributed by atoms with Crippen LogP contribution in [0.1, 0.15) is 13.3 Å². The first-order valence-electron chi connectivity index (χ1n) is 2.67. The molecule has 0 atom stereocenters. The normalized spacial score (nSPS) is 10.7. The molecule has 0 aliphatic rings. The van der Waals surface area contributed by atoms with Gasteiger partial charge in [0.2, 0.25) is 10.5 Å². The summed E-state index contributed by atoms with van der Waals surface area (Å²) in [6.45, 7) is 2.08. The molecule has 9 heavy (non-hydrogen) atoms. The van der Waals surface area contributed by atoms with E-state index in [1.165, 1.54) is 0 Å². The number of hydrogen-bond acceptors (Lipinski definition) is 3. The summed E-state index contributed by atoms with van der Waals surface area (Å²) >= 11 is 0. The van der Waals surface area contributed by atoms with Crippen LogP contribution in [0.3, 0.4) is 0 Å².